The van der Waals surface area contributed by atoms with Crippen LogP contribution in [0.4, 0.5) is 10.7 Å². The third kappa shape index (κ3) is 5.82. The molecule has 5 rings (SSSR count). The quantitative estimate of drug-likeness (QED) is 0.375. The number of aromatic nitrogens is 5. The Balaban J connectivity index is 1.54. The average Bonchev–Trinajstić information content (AvgIpc) is 3.32. The molecule has 1 N–H and O–H groups in total. The zero-order valence-electron chi connectivity index (χ0n) is 24.1. The van der Waals surface area contributed by atoms with E-state index < -0.39 is 22.9 Å². The molecule has 4 aromatic rings. The molecular formula is C30H35N7O4. The fraction of sp³-hybridized carbons (Fsp3) is 0.433. The van der Waals surface area contributed by atoms with Crippen molar-refractivity contribution in [1.82, 2.24) is 29.0 Å². The first kappa shape index (κ1) is 28.0. The highest BCUT2D eigenvalue weighted by atomic mass is 16.6. The lowest BCUT2D eigenvalue weighted by atomic mass is 10.1. The molecule has 0 saturated carbocycles. The van der Waals surface area contributed by atoms with E-state index in [2.05, 4.69) is 22.1 Å². The Labute approximate surface area is 237 Å². The number of hydrogen-bond acceptors (Lipinski definition) is 7. The molecule has 11 heteroatoms. The SMILES string of the molecule is CC#CCn1c(N2CCCC(NC(=O)OC(C)(C)C)C2)nc2c1c(=O)n(Cc1ccc3cccnc3c1)c(=O)n2C. The maximum absolute atomic E-state index is 13.9. The Morgan fingerprint density at radius 2 is 2.00 bits per heavy atom. The first-order valence-corrected chi connectivity index (χ1v) is 13.7. The van der Waals surface area contributed by atoms with Crippen LogP contribution >= 0.6 is 0 Å². The zero-order chi connectivity index (χ0) is 29.3. The van der Waals surface area contributed by atoms with Gasteiger partial charge in [-0.3, -0.25) is 23.5 Å². The fourth-order valence-electron chi connectivity index (χ4n) is 5.19. The third-order valence-corrected chi connectivity index (χ3v) is 7.06. The number of ether oxygens (including phenoxy) is 1. The van der Waals surface area contributed by atoms with Crippen LogP contribution in [0, 0.1) is 11.8 Å². The summed E-state index contributed by atoms with van der Waals surface area (Å²) in [6.45, 7) is 8.70. The predicted octanol–water partition coefficient (Wildman–Crippen LogP) is 3.01. The standard InChI is InChI=1S/C30H35N7O4/c1-6-7-16-36-24-25(33-27(36)35-15-9-11-22(19-35)32-28(39)41-30(2,3)4)34(5)29(40)37(26(24)38)18-20-12-13-21-10-8-14-31-23(21)17-20/h8,10,12-14,17,22H,9,11,15-16,18-19H2,1-5H3,(H,32,39). The second-order valence-electron chi connectivity index (χ2n) is 11.3. The van der Waals surface area contributed by atoms with Gasteiger partial charge in [0.15, 0.2) is 11.2 Å². The van der Waals surface area contributed by atoms with Crippen molar-refractivity contribution in [2.24, 2.45) is 7.05 Å². The summed E-state index contributed by atoms with van der Waals surface area (Å²) in [6, 6.07) is 9.40. The summed E-state index contributed by atoms with van der Waals surface area (Å²) in [4.78, 5) is 51.0. The molecular weight excluding hydrogens is 522 g/mol. The molecule has 0 aliphatic carbocycles. The van der Waals surface area contributed by atoms with Crippen molar-refractivity contribution in [3.05, 3.63) is 62.9 Å². The first-order chi connectivity index (χ1) is 19.6. The Bertz CT molecular complexity index is 1800. The normalized spacial score (nSPS) is 15.5. The van der Waals surface area contributed by atoms with Crippen LogP contribution in [-0.4, -0.2) is 54.5 Å². The monoisotopic (exact) mass is 557 g/mol. The van der Waals surface area contributed by atoms with Crippen molar-refractivity contribution >= 4 is 34.1 Å². The van der Waals surface area contributed by atoms with Crippen molar-refractivity contribution in [2.45, 2.75) is 65.3 Å². The van der Waals surface area contributed by atoms with E-state index in [0.29, 0.717) is 30.2 Å². The minimum Gasteiger partial charge on any atom is -0.444 e. The van der Waals surface area contributed by atoms with Crippen molar-refractivity contribution in [2.75, 3.05) is 18.0 Å². The lowest BCUT2D eigenvalue weighted by molar-refractivity contribution is 0.0499. The number of carbonyl (C=O) groups excluding carboxylic acids is 1. The van der Waals surface area contributed by atoms with Gasteiger partial charge < -0.3 is 15.0 Å². The van der Waals surface area contributed by atoms with E-state index >= 15 is 0 Å². The van der Waals surface area contributed by atoms with Gasteiger partial charge in [-0.25, -0.2) is 9.59 Å². The van der Waals surface area contributed by atoms with Crippen LogP contribution in [0.25, 0.3) is 22.1 Å². The number of benzene rings is 1. The Kier molecular flexibility index (Phi) is 7.58. The van der Waals surface area contributed by atoms with Gasteiger partial charge in [0, 0.05) is 37.8 Å². The Morgan fingerprint density at radius 3 is 2.76 bits per heavy atom. The van der Waals surface area contributed by atoms with Crippen LogP contribution in [0.1, 0.15) is 46.1 Å². The summed E-state index contributed by atoms with van der Waals surface area (Å²) >= 11 is 0. The molecule has 1 unspecified atom stereocenters. The highest BCUT2D eigenvalue weighted by Gasteiger charge is 2.29. The molecule has 1 aliphatic heterocycles. The number of nitrogens with one attached hydrogen (secondary N) is 1. The maximum Gasteiger partial charge on any atom is 0.407 e. The average molecular weight is 558 g/mol. The Hall–Kier alpha value is -4.59. The van der Waals surface area contributed by atoms with Gasteiger partial charge >= 0.3 is 11.8 Å². The van der Waals surface area contributed by atoms with E-state index in [4.69, 9.17) is 9.72 Å². The van der Waals surface area contributed by atoms with Gasteiger partial charge in [0.25, 0.3) is 5.56 Å². The second kappa shape index (κ2) is 11.1. The van der Waals surface area contributed by atoms with E-state index in [1.54, 1.807) is 24.7 Å². The topological polar surface area (TPSA) is 116 Å². The summed E-state index contributed by atoms with van der Waals surface area (Å²) in [5.41, 5.74) is 0.713. The number of imidazole rings is 1. The van der Waals surface area contributed by atoms with Crippen LogP contribution in [-0.2, 0) is 24.9 Å². The number of fused-ring (bicyclic) bond motifs is 2. The molecule has 1 atom stereocenters. The number of hydrogen-bond donors (Lipinski definition) is 1. The minimum atomic E-state index is -0.598. The van der Waals surface area contributed by atoms with Gasteiger partial charge in [0.1, 0.15) is 5.60 Å². The lowest BCUT2D eigenvalue weighted by Gasteiger charge is -2.34. The number of rotatable bonds is 5. The number of aryl methyl sites for hydroxylation is 1. The summed E-state index contributed by atoms with van der Waals surface area (Å²) < 4.78 is 9.87. The molecule has 1 fully saturated rings. The molecule has 1 amide bonds. The van der Waals surface area contributed by atoms with Gasteiger partial charge in [0.05, 0.1) is 18.6 Å². The summed E-state index contributed by atoms with van der Waals surface area (Å²) in [6.07, 6.45) is 2.84. The number of piperidine rings is 1. The van der Waals surface area contributed by atoms with E-state index in [0.717, 1.165) is 29.3 Å². The molecule has 1 aliphatic rings. The largest absolute Gasteiger partial charge is 0.444 e. The van der Waals surface area contributed by atoms with E-state index in [-0.39, 0.29) is 19.1 Å². The van der Waals surface area contributed by atoms with Crippen molar-refractivity contribution in [1.29, 1.82) is 0 Å². The summed E-state index contributed by atoms with van der Waals surface area (Å²) in [7, 11) is 1.62. The van der Waals surface area contributed by atoms with Gasteiger partial charge in [-0.1, -0.05) is 24.1 Å². The highest BCUT2D eigenvalue weighted by molar-refractivity contribution is 5.79. The van der Waals surface area contributed by atoms with E-state index in [1.165, 1.54) is 9.13 Å². The number of nitrogens with zero attached hydrogens (tertiary/aromatic N) is 6. The molecule has 1 saturated heterocycles. The number of amides is 1. The molecule has 0 radical (unpaired) electrons. The van der Waals surface area contributed by atoms with Crippen LogP contribution in [0.2, 0.25) is 0 Å². The van der Waals surface area contributed by atoms with E-state index in [1.807, 2.05) is 56.0 Å². The first-order valence-electron chi connectivity index (χ1n) is 13.7. The van der Waals surface area contributed by atoms with Crippen LogP contribution in [0.5, 0.6) is 0 Å². The molecule has 11 nitrogen and oxygen atoms in total. The van der Waals surface area contributed by atoms with Gasteiger partial charge in [-0.2, -0.15) is 4.98 Å². The van der Waals surface area contributed by atoms with Gasteiger partial charge in [-0.15, -0.1) is 5.92 Å². The number of pyridine rings is 1. The molecule has 1 aromatic carbocycles. The van der Waals surface area contributed by atoms with Crippen LogP contribution in [0.15, 0.2) is 46.1 Å². The second-order valence-corrected chi connectivity index (χ2v) is 11.3. The molecule has 4 heterocycles. The molecule has 214 valence electrons. The summed E-state index contributed by atoms with van der Waals surface area (Å²) in [5.74, 6) is 6.49. The van der Waals surface area contributed by atoms with Crippen molar-refractivity contribution in [3.63, 3.8) is 0 Å². The molecule has 3 aromatic heterocycles. The zero-order valence-corrected chi connectivity index (χ0v) is 24.1. The van der Waals surface area contributed by atoms with Crippen molar-refractivity contribution < 1.29 is 9.53 Å². The van der Waals surface area contributed by atoms with Gasteiger partial charge in [0.2, 0.25) is 5.95 Å². The lowest BCUT2D eigenvalue weighted by Crippen LogP contribution is -2.49. The van der Waals surface area contributed by atoms with Crippen LogP contribution in [0.3, 0.4) is 0 Å². The highest BCUT2D eigenvalue weighted by Crippen LogP contribution is 2.24. The number of anilines is 1. The molecule has 41 heavy (non-hydrogen) atoms. The Morgan fingerprint density at radius 1 is 1.20 bits per heavy atom. The summed E-state index contributed by atoms with van der Waals surface area (Å²) in [5, 5.41) is 3.94. The number of alkyl carbamates (subject to hydrolysis) is 1. The molecule has 0 bridgehead atoms. The smallest absolute Gasteiger partial charge is 0.407 e. The number of carbonyl (C=O) groups is 1. The van der Waals surface area contributed by atoms with Crippen molar-refractivity contribution in [3.8, 4) is 11.8 Å². The predicted molar refractivity (Wildman–Crippen MR) is 158 cm³/mol. The fourth-order valence-corrected chi connectivity index (χ4v) is 5.19. The molecule has 0 spiro atoms. The van der Waals surface area contributed by atoms with Crippen LogP contribution < -0.4 is 21.5 Å². The maximum atomic E-state index is 13.9. The van der Waals surface area contributed by atoms with Gasteiger partial charge in [-0.05, 0) is 58.2 Å². The third-order valence-electron chi connectivity index (χ3n) is 7.06. The minimum absolute atomic E-state index is 0.0968. The van der Waals surface area contributed by atoms with E-state index in [9.17, 15) is 14.4 Å².